The van der Waals surface area contributed by atoms with Gasteiger partial charge in [-0.15, -0.1) is 0 Å². The molecular weight excluding hydrogens is 301 g/mol. The average Bonchev–Trinajstić information content (AvgIpc) is 2.94. The lowest BCUT2D eigenvalue weighted by Crippen LogP contribution is -2.06. The minimum absolute atomic E-state index is 0.136. The molecule has 0 fully saturated rings. The molecule has 3 aromatic rings. The molecule has 23 heavy (non-hydrogen) atoms. The predicted octanol–water partition coefficient (Wildman–Crippen LogP) is 2.72. The SMILES string of the molecule is CCOC(=O)c1c(-c2ccc(OC)cc2F)nn2cccnc12. The zero-order chi connectivity index (χ0) is 16.4. The van der Waals surface area contributed by atoms with E-state index in [0.717, 1.165) is 0 Å². The van der Waals surface area contributed by atoms with Crippen LogP contribution in [0.15, 0.2) is 36.7 Å². The van der Waals surface area contributed by atoms with Crippen LogP contribution in [0.5, 0.6) is 5.75 Å². The molecule has 0 spiro atoms. The second-order valence-electron chi connectivity index (χ2n) is 4.68. The van der Waals surface area contributed by atoms with Gasteiger partial charge in [-0.2, -0.15) is 5.10 Å². The first-order chi connectivity index (χ1) is 11.2. The first-order valence-electron chi connectivity index (χ1n) is 7.00. The number of ether oxygens (including phenoxy) is 2. The topological polar surface area (TPSA) is 65.7 Å². The Morgan fingerprint density at radius 3 is 2.91 bits per heavy atom. The summed E-state index contributed by atoms with van der Waals surface area (Å²) in [5.74, 6) is -0.754. The number of hydrogen-bond acceptors (Lipinski definition) is 5. The normalized spacial score (nSPS) is 10.7. The van der Waals surface area contributed by atoms with Crippen molar-refractivity contribution in [3.63, 3.8) is 0 Å². The molecule has 2 aromatic heterocycles. The van der Waals surface area contributed by atoms with E-state index in [0.29, 0.717) is 11.4 Å². The van der Waals surface area contributed by atoms with Crippen molar-refractivity contribution >= 4 is 11.6 Å². The molecule has 0 aliphatic carbocycles. The van der Waals surface area contributed by atoms with Crippen molar-refractivity contribution in [1.82, 2.24) is 14.6 Å². The minimum atomic E-state index is -0.591. The van der Waals surface area contributed by atoms with E-state index in [-0.39, 0.29) is 23.4 Å². The van der Waals surface area contributed by atoms with Gasteiger partial charge in [0.2, 0.25) is 0 Å². The maximum absolute atomic E-state index is 14.4. The Morgan fingerprint density at radius 1 is 1.39 bits per heavy atom. The second-order valence-corrected chi connectivity index (χ2v) is 4.68. The molecule has 0 saturated heterocycles. The molecule has 0 N–H and O–H groups in total. The smallest absolute Gasteiger partial charge is 0.344 e. The molecule has 118 valence electrons. The Balaban J connectivity index is 2.24. The summed E-state index contributed by atoms with van der Waals surface area (Å²) in [6, 6.07) is 6.02. The van der Waals surface area contributed by atoms with E-state index in [1.165, 1.54) is 30.0 Å². The lowest BCUT2D eigenvalue weighted by Gasteiger charge is -2.05. The number of halogens is 1. The highest BCUT2D eigenvalue weighted by Gasteiger charge is 2.25. The summed E-state index contributed by atoms with van der Waals surface area (Å²) in [5, 5.41) is 4.28. The fraction of sp³-hybridized carbons (Fsp3) is 0.188. The highest BCUT2D eigenvalue weighted by atomic mass is 19.1. The molecule has 0 unspecified atom stereocenters. The number of fused-ring (bicyclic) bond motifs is 1. The third-order valence-corrected chi connectivity index (χ3v) is 3.31. The largest absolute Gasteiger partial charge is 0.497 e. The number of aromatic nitrogens is 3. The van der Waals surface area contributed by atoms with Gasteiger partial charge in [0.15, 0.2) is 5.65 Å². The average molecular weight is 315 g/mol. The molecule has 0 atom stereocenters. The summed E-state index contributed by atoms with van der Waals surface area (Å²) in [6.45, 7) is 1.90. The summed E-state index contributed by atoms with van der Waals surface area (Å²) < 4.78 is 25.9. The first-order valence-corrected chi connectivity index (χ1v) is 7.00. The molecule has 0 saturated carbocycles. The summed E-state index contributed by atoms with van der Waals surface area (Å²) in [6.07, 6.45) is 3.17. The van der Waals surface area contributed by atoms with Crippen molar-refractivity contribution in [2.45, 2.75) is 6.92 Å². The third-order valence-electron chi connectivity index (χ3n) is 3.31. The number of methoxy groups -OCH3 is 1. The Labute approximate surface area is 131 Å². The fourth-order valence-corrected chi connectivity index (χ4v) is 2.28. The lowest BCUT2D eigenvalue weighted by atomic mass is 10.1. The molecule has 2 heterocycles. The number of nitrogens with zero attached hydrogens (tertiary/aromatic N) is 3. The molecule has 7 heteroatoms. The Kier molecular flexibility index (Phi) is 3.92. The van der Waals surface area contributed by atoms with Crippen LogP contribution in [-0.2, 0) is 4.74 Å². The number of hydrogen-bond donors (Lipinski definition) is 0. The standard InChI is InChI=1S/C16H14FN3O3/c1-3-23-16(21)13-14(19-20-8-4-7-18-15(13)20)11-6-5-10(22-2)9-12(11)17/h4-9H,3H2,1-2H3. The van der Waals surface area contributed by atoms with Gasteiger partial charge in [0, 0.05) is 24.0 Å². The molecule has 0 aliphatic heterocycles. The quantitative estimate of drug-likeness (QED) is 0.693. The first kappa shape index (κ1) is 15.0. The highest BCUT2D eigenvalue weighted by molar-refractivity contribution is 6.02. The van der Waals surface area contributed by atoms with E-state index in [1.807, 2.05) is 0 Å². The number of carbonyl (C=O) groups excluding carboxylic acids is 1. The van der Waals surface area contributed by atoms with Gasteiger partial charge in [-0.3, -0.25) is 0 Å². The molecule has 0 amide bonds. The van der Waals surface area contributed by atoms with Crippen molar-refractivity contribution in [2.75, 3.05) is 13.7 Å². The molecule has 0 bridgehead atoms. The summed E-state index contributed by atoms with van der Waals surface area (Å²) in [5.41, 5.74) is 0.814. The maximum atomic E-state index is 14.4. The zero-order valence-electron chi connectivity index (χ0n) is 12.6. The van der Waals surface area contributed by atoms with Gasteiger partial charge in [-0.05, 0) is 25.1 Å². The number of carbonyl (C=O) groups is 1. The van der Waals surface area contributed by atoms with Gasteiger partial charge < -0.3 is 9.47 Å². The number of esters is 1. The monoisotopic (exact) mass is 315 g/mol. The van der Waals surface area contributed by atoms with Crippen molar-refractivity contribution < 1.29 is 18.7 Å². The third kappa shape index (κ3) is 2.61. The van der Waals surface area contributed by atoms with Crippen LogP contribution in [0.4, 0.5) is 4.39 Å². The van der Waals surface area contributed by atoms with Crippen LogP contribution in [0.1, 0.15) is 17.3 Å². The summed E-state index contributed by atoms with van der Waals surface area (Å²) in [4.78, 5) is 16.4. The van der Waals surface area contributed by atoms with E-state index in [4.69, 9.17) is 9.47 Å². The number of rotatable bonds is 4. The van der Waals surface area contributed by atoms with Gasteiger partial charge in [-0.1, -0.05) is 0 Å². The molecule has 0 aliphatic rings. The Hall–Kier alpha value is -2.96. The van der Waals surface area contributed by atoms with E-state index in [2.05, 4.69) is 10.1 Å². The Morgan fingerprint density at radius 2 is 2.22 bits per heavy atom. The van der Waals surface area contributed by atoms with Crippen LogP contribution in [0.2, 0.25) is 0 Å². The minimum Gasteiger partial charge on any atom is -0.497 e. The zero-order valence-corrected chi connectivity index (χ0v) is 12.6. The fourth-order valence-electron chi connectivity index (χ4n) is 2.28. The second kappa shape index (κ2) is 6.04. The van der Waals surface area contributed by atoms with Gasteiger partial charge in [0.05, 0.1) is 13.7 Å². The molecule has 6 nitrogen and oxygen atoms in total. The molecular formula is C16H14FN3O3. The van der Waals surface area contributed by atoms with Gasteiger partial charge in [0.1, 0.15) is 22.8 Å². The van der Waals surface area contributed by atoms with Crippen LogP contribution in [0, 0.1) is 5.82 Å². The van der Waals surface area contributed by atoms with Crippen molar-refractivity contribution in [1.29, 1.82) is 0 Å². The van der Waals surface area contributed by atoms with Crippen LogP contribution >= 0.6 is 0 Å². The lowest BCUT2D eigenvalue weighted by molar-refractivity contribution is 0.0529. The number of benzene rings is 1. The summed E-state index contributed by atoms with van der Waals surface area (Å²) in [7, 11) is 1.45. The van der Waals surface area contributed by atoms with Crippen LogP contribution in [0.25, 0.3) is 16.9 Å². The van der Waals surface area contributed by atoms with Crippen LogP contribution in [0.3, 0.4) is 0 Å². The van der Waals surface area contributed by atoms with Crippen molar-refractivity contribution in [3.05, 3.63) is 48.0 Å². The Bertz CT molecular complexity index is 876. The predicted molar refractivity (Wildman–Crippen MR) is 80.9 cm³/mol. The van der Waals surface area contributed by atoms with E-state index in [9.17, 15) is 9.18 Å². The maximum Gasteiger partial charge on any atom is 0.344 e. The van der Waals surface area contributed by atoms with Crippen LogP contribution in [-0.4, -0.2) is 34.3 Å². The van der Waals surface area contributed by atoms with E-state index >= 15 is 0 Å². The van der Waals surface area contributed by atoms with Crippen molar-refractivity contribution in [3.8, 4) is 17.0 Å². The molecule has 3 rings (SSSR count). The summed E-state index contributed by atoms with van der Waals surface area (Å²) >= 11 is 0. The molecule has 1 aromatic carbocycles. The van der Waals surface area contributed by atoms with E-state index < -0.39 is 11.8 Å². The van der Waals surface area contributed by atoms with E-state index in [1.54, 1.807) is 25.3 Å². The van der Waals surface area contributed by atoms with Crippen LogP contribution < -0.4 is 4.74 Å². The van der Waals surface area contributed by atoms with Gasteiger partial charge in [-0.25, -0.2) is 18.7 Å². The van der Waals surface area contributed by atoms with Gasteiger partial charge in [0.25, 0.3) is 0 Å². The molecule has 0 radical (unpaired) electrons. The van der Waals surface area contributed by atoms with Crippen molar-refractivity contribution in [2.24, 2.45) is 0 Å². The van der Waals surface area contributed by atoms with Gasteiger partial charge >= 0.3 is 5.97 Å². The highest BCUT2D eigenvalue weighted by Crippen LogP contribution is 2.30.